The highest BCUT2D eigenvalue weighted by atomic mass is 79.9. The van der Waals surface area contributed by atoms with E-state index in [9.17, 15) is 9.59 Å². The first kappa shape index (κ1) is 20.0. The molecule has 0 bridgehead atoms. The molecule has 5 rings (SSSR count). The van der Waals surface area contributed by atoms with E-state index < -0.39 is 6.04 Å². The van der Waals surface area contributed by atoms with Crippen LogP contribution in [0.3, 0.4) is 0 Å². The van der Waals surface area contributed by atoms with Crippen molar-refractivity contribution >= 4 is 67.0 Å². The van der Waals surface area contributed by atoms with Crippen LogP contribution in [-0.4, -0.2) is 28.5 Å². The van der Waals surface area contributed by atoms with Crippen LogP contribution in [0.2, 0.25) is 5.15 Å². The van der Waals surface area contributed by atoms with Gasteiger partial charge in [0.05, 0.1) is 18.3 Å². The Labute approximate surface area is 191 Å². The molecule has 8 heteroatoms. The summed E-state index contributed by atoms with van der Waals surface area (Å²) in [5, 5.41) is 2.22. The van der Waals surface area contributed by atoms with E-state index >= 15 is 0 Å². The third kappa shape index (κ3) is 3.28. The topological polar surface area (TPSA) is 64.4 Å². The monoisotopic (exact) mass is 497 g/mol. The summed E-state index contributed by atoms with van der Waals surface area (Å²) >= 11 is 9.73. The summed E-state index contributed by atoms with van der Waals surface area (Å²) in [7, 11) is 1.57. The fourth-order valence-electron chi connectivity index (χ4n) is 4.19. The fourth-order valence-corrected chi connectivity index (χ4v) is 4.70. The van der Waals surface area contributed by atoms with Gasteiger partial charge in [-0.2, -0.15) is 0 Å². The summed E-state index contributed by atoms with van der Waals surface area (Å²) < 4.78 is 8.03. The predicted octanol–water partition coefficient (Wildman–Crippen LogP) is 5.51. The number of carbonyl (C=O) groups excluding carboxylic acids is 2. The van der Waals surface area contributed by atoms with Crippen LogP contribution in [0.5, 0.6) is 5.75 Å². The summed E-state index contributed by atoms with van der Waals surface area (Å²) in [5.74, 6) is 0.148. The molecule has 0 spiro atoms. The number of hydrogen-bond donors (Lipinski definition) is 0. The molecule has 2 amide bonds. The standard InChI is InChI=1S/C23H17BrClN3O3/c1-31-15-5-3-14(4-6-15)27-21(29)11-9-19(23(27)30)28-18-8-2-13(24)12-17(18)16-7-10-20(25)26-22(16)28/h2-8,10,12,19H,9,11H2,1H3. The van der Waals surface area contributed by atoms with E-state index in [1.807, 2.05) is 28.8 Å². The average Bonchev–Trinajstić information content (AvgIpc) is 3.07. The van der Waals surface area contributed by atoms with Crippen molar-refractivity contribution in [3.63, 3.8) is 0 Å². The predicted molar refractivity (Wildman–Crippen MR) is 124 cm³/mol. The molecule has 1 unspecified atom stereocenters. The van der Waals surface area contributed by atoms with Crippen LogP contribution < -0.4 is 9.64 Å². The Hall–Kier alpha value is -2.90. The molecule has 6 nitrogen and oxygen atoms in total. The number of ether oxygens (including phenoxy) is 1. The van der Waals surface area contributed by atoms with E-state index in [1.165, 1.54) is 4.90 Å². The number of aromatic nitrogens is 2. The lowest BCUT2D eigenvalue weighted by atomic mass is 10.0. The molecule has 3 heterocycles. The molecule has 1 saturated heterocycles. The number of nitrogens with zero attached hydrogens (tertiary/aromatic N) is 3. The first-order chi connectivity index (χ1) is 15.0. The number of hydrogen-bond acceptors (Lipinski definition) is 4. The minimum absolute atomic E-state index is 0.221. The van der Waals surface area contributed by atoms with Gasteiger partial charge >= 0.3 is 0 Å². The zero-order valence-corrected chi connectivity index (χ0v) is 18.9. The number of methoxy groups -OCH3 is 1. The van der Waals surface area contributed by atoms with Crippen LogP contribution >= 0.6 is 27.5 Å². The zero-order valence-electron chi connectivity index (χ0n) is 16.5. The lowest BCUT2D eigenvalue weighted by Crippen LogP contribution is -2.46. The number of imide groups is 1. The van der Waals surface area contributed by atoms with Crippen LogP contribution in [0.15, 0.2) is 59.1 Å². The van der Waals surface area contributed by atoms with Crippen molar-refractivity contribution in [2.45, 2.75) is 18.9 Å². The first-order valence-corrected chi connectivity index (χ1v) is 10.9. The van der Waals surface area contributed by atoms with Gasteiger partial charge in [0.1, 0.15) is 22.6 Å². The smallest absolute Gasteiger partial charge is 0.256 e. The normalized spacial score (nSPS) is 17.0. The number of rotatable bonds is 3. The van der Waals surface area contributed by atoms with E-state index in [0.717, 1.165) is 20.8 Å². The molecule has 156 valence electrons. The summed E-state index contributed by atoms with van der Waals surface area (Å²) in [6, 6.07) is 15.9. The van der Waals surface area contributed by atoms with Gasteiger partial charge in [0.2, 0.25) is 5.91 Å². The van der Waals surface area contributed by atoms with Crippen molar-refractivity contribution in [3.05, 3.63) is 64.2 Å². The maximum atomic E-state index is 13.6. The number of benzene rings is 2. The molecule has 0 aliphatic carbocycles. The lowest BCUT2D eigenvalue weighted by molar-refractivity contribution is -0.131. The van der Waals surface area contributed by atoms with Crippen LogP contribution in [0, 0.1) is 0 Å². The van der Waals surface area contributed by atoms with Crippen molar-refractivity contribution in [1.82, 2.24) is 9.55 Å². The van der Waals surface area contributed by atoms with Crippen molar-refractivity contribution in [3.8, 4) is 5.75 Å². The van der Waals surface area contributed by atoms with Gasteiger partial charge in [-0.3, -0.25) is 9.59 Å². The lowest BCUT2D eigenvalue weighted by Gasteiger charge is -2.32. The second kappa shape index (κ2) is 7.66. The van der Waals surface area contributed by atoms with Gasteiger partial charge in [-0.25, -0.2) is 9.88 Å². The Morgan fingerprint density at radius 1 is 1.06 bits per heavy atom. The number of pyridine rings is 1. The average molecular weight is 499 g/mol. The van der Waals surface area contributed by atoms with Gasteiger partial charge in [0.15, 0.2) is 0 Å². The molecule has 31 heavy (non-hydrogen) atoms. The maximum absolute atomic E-state index is 13.6. The molecule has 1 aliphatic rings. The molecule has 0 N–H and O–H groups in total. The third-order valence-electron chi connectivity index (χ3n) is 5.61. The minimum atomic E-state index is -0.577. The number of carbonyl (C=O) groups is 2. The molecule has 2 aromatic carbocycles. The van der Waals surface area contributed by atoms with E-state index in [1.54, 1.807) is 37.4 Å². The quantitative estimate of drug-likeness (QED) is 0.276. The number of halogens is 2. The summed E-state index contributed by atoms with van der Waals surface area (Å²) in [5.41, 5.74) is 2.02. The Morgan fingerprint density at radius 2 is 1.84 bits per heavy atom. The highest BCUT2D eigenvalue weighted by molar-refractivity contribution is 9.10. The minimum Gasteiger partial charge on any atom is -0.497 e. The largest absolute Gasteiger partial charge is 0.497 e. The Balaban J connectivity index is 1.67. The summed E-state index contributed by atoms with van der Waals surface area (Å²) in [4.78, 5) is 32.1. The van der Waals surface area contributed by atoms with Crippen molar-refractivity contribution in [1.29, 1.82) is 0 Å². The highest BCUT2D eigenvalue weighted by Crippen LogP contribution is 2.38. The van der Waals surface area contributed by atoms with Crippen molar-refractivity contribution < 1.29 is 14.3 Å². The molecule has 0 radical (unpaired) electrons. The number of piperidine rings is 1. The SMILES string of the molecule is COc1ccc(N2C(=O)CCC(n3c4ccc(Br)cc4c4ccc(Cl)nc43)C2=O)cc1. The van der Waals surface area contributed by atoms with E-state index in [-0.39, 0.29) is 18.2 Å². The maximum Gasteiger partial charge on any atom is 0.256 e. The molecule has 1 aliphatic heterocycles. The highest BCUT2D eigenvalue weighted by Gasteiger charge is 2.38. The van der Waals surface area contributed by atoms with Gasteiger partial charge in [-0.15, -0.1) is 0 Å². The second-order valence-electron chi connectivity index (χ2n) is 7.36. The Morgan fingerprint density at radius 3 is 2.58 bits per heavy atom. The Kier molecular flexibility index (Phi) is 4.95. The zero-order chi connectivity index (χ0) is 21.7. The number of fused-ring (bicyclic) bond motifs is 3. The molecular weight excluding hydrogens is 482 g/mol. The van der Waals surface area contributed by atoms with E-state index in [2.05, 4.69) is 20.9 Å². The first-order valence-electron chi connectivity index (χ1n) is 9.74. The van der Waals surface area contributed by atoms with E-state index in [4.69, 9.17) is 16.3 Å². The fraction of sp³-hybridized carbons (Fsp3) is 0.174. The molecular formula is C23H17BrClN3O3. The summed E-state index contributed by atoms with van der Waals surface area (Å²) in [6.45, 7) is 0. The van der Waals surface area contributed by atoms with Crippen LogP contribution in [0.4, 0.5) is 5.69 Å². The molecule has 4 aromatic rings. The van der Waals surface area contributed by atoms with Gasteiger partial charge in [0, 0.05) is 21.7 Å². The third-order valence-corrected chi connectivity index (χ3v) is 6.31. The van der Waals surface area contributed by atoms with Crippen LogP contribution in [0.1, 0.15) is 18.9 Å². The van der Waals surface area contributed by atoms with Crippen molar-refractivity contribution in [2.24, 2.45) is 0 Å². The number of amides is 2. The second-order valence-corrected chi connectivity index (χ2v) is 8.66. The van der Waals surface area contributed by atoms with E-state index in [0.29, 0.717) is 28.7 Å². The molecule has 1 atom stereocenters. The Bertz CT molecular complexity index is 1350. The van der Waals surface area contributed by atoms with Crippen molar-refractivity contribution in [2.75, 3.05) is 12.0 Å². The van der Waals surface area contributed by atoms with Gasteiger partial charge < -0.3 is 9.30 Å². The summed E-state index contributed by atoms with van der Waals surface area (Å²) in [6.07, 6.45) is 0.647. The number of anilines is 1. The molecule has 2 aromatic heterocycles. The van der Waals surface area contributed by atoms with Gasteiger partial charge in [-0.05, 0) is 61.0 Å². The molecule has 1 fully saturated rings. The van der Waals surface area contributed by atoms with Gasteiger partial charge in [0.25, 0.3) is 5.91 Å². The van der Waals surface area contributed by atoms with Gasteiger partial charge in [-0.1, -0.05) is 27.5 Å². The van der Waals surface area contributed by atoms with Crippen LogP contribution in [-0.2, 0) is 9.59 Å². The van der Waals surface area contributed by atoms with Crippen LogP contribution in [0.25, 0.3) is 21.9 Å². The molecule has 0 saturated carbocycles.